The van der Waals surface area contributed by atoms with Crippen LogP contribution in [0.2, 0.25) is 0 Å². The minimum Gasteiger partial charge on any atom is -0.369 e. The highest BCUT2D eigenvalue weighted by molar-refractivity contribution is 5.76. The summed E-state index contributed by atoms with van der Waals surface area (Å²) in [4.78, 5) is 13.7. The molecule has 1 saturated heterocycles. The molecule has 1 amide bonds. The van der Waals surface area contributed by atoms with Crippen LogP contribution >= 0.6 is 0 Å². The molecule has 19 heavy (non-hydrogen) atoms. The van der Waals surface area contributed by atoms with E-state index < -0.39 is 0 Å². The molecule has 3 heteroatoms. The van der Waals surface area contributed by atoms with Crippen LogP contribution in [0.3, 0.4) is 0 Å². The number of piperidine rings is 1. The van der Waals surface area contributed by atoms with Crippen molar-refractivity contribution in [3.8, 4) is 0 Å². The second-order valence-electron chi connectivity index (χ2n) is 6.16. The summed E-state index contributed by atoms with van der Waals surface area (Å²) in [7, 11) is 0. The van der Waals surface area contributed by atoms with Crippen LogP contribution < -0.4 is 5.73 Å². The summed E-state index contributed by atoms with van der Waals surface area (Å²) in [6, 6.07) is 0. The number of primary amides is 1. The van der Waals surface area contributed by atoms with Gasteiger partial charge in [-0.25, -0.2) is 0 Å². The number of nitrogens with zero attached hydrogens (tertiary/aromatic N) is 1. The molecule has 0 aromatic carbocycles. The Bertz CT molecular complexity index is 386. The molecule has 1 aliphatic heterocycles. The number of rotatable bonds is 4. The zero-order valence-corrected chi connectivity index (χ0v) is 12.0. The van der Waals surface area contributed by atoms with Crippen molar-refractivity contribution in [2.45, 2.75) is 39.0 Å². The van der Waals surface area contributed by atoms with E-state index in [9.17, 15) is 4.79 Å². The SMILES string of the molecule is C=C(C)[C@H]1CC=C(CN2CCC[C@H](C(N)=O)C2)CC1. The van der Waals surface area contributed by atoms with Gasteiger partial charge in [0.15, 0.2) is 0 Å². The Balaban J connectivity index is 1.85. The third-order valence-corrected chi connectivity index (χ3v) is 4.54. The minimum atomic E-state index is -0.135. The van der Waals surface area contributed by atoms with E-state index in [-0.39, 0.29) is 11.8 Å². The molecule has 2 aliphatic rings. The molecular weight excluding hydrogens is 236 g/mol. The van der Waals surface area contributed by atoms with Gasteiger partial charge in [-0.05, 0) is 51.5 Å². The predicted molar refractivity (Wildman–Crippen MR) is 78.6 cm³/mol. The van der Waals surface area contributed by atoms with E-state index in [0.717, 1.165) is 38.9 Å². The molecule has 1 fully saturated rings. The molecule has 2 atom stereocenters. The second-order valence-corrected chi connectivity index (χ2v) is 6.16. The minimum absolute atomic E-state index is 0.0566. The molecule has 0 spiro atoms. The smallest absolute Gasteiger partial charge is 0.221 e. The molecule has 0 bridgehead atoms. The van der Waals surface area contributed by atoms with E-state index in [0.29, 0.717) is 5.92 Å². The summed E-state index contributed by atoms with van der Waals surface area (Å²) in [5.41, 5.74) is 8.26. The largest absolute Gasteiger partial charge is 0.369 e. The predicted octanol–water partition coefficient (Wildman–Crippen LogP) is 2.49. The van der Waals surface area contributed by atoms with Gasteiger partial charge in [0, 0.05) is 13.1 Å². The molecular formula is C16H26N2O. The van der Waals surface area contributed by atoms with Gasteiger partial charge < -0.3 is 5.73 Å². The third-order valence-electron chi connectivity index (χ3n) is 4.54. The number of hydrogen-bond donors (Lipinski definition) is 1. The van der Waals surface area contributed by atoms with Gasteiger partial charge in [-0.1, -0.05) is 23.8 Å². The Hall–Kier alpha value is -1.09. The molecule has 0 unspecified atom stereocenters. The number of carbonyl (C=O) groups is 1. The second kappa shape index (κ2) is 6.38. The first-order chi connectivity index (χ1) is 9.06. The fourth-order valence-electron chi connectivity index (χ4n) is 3.20. The van der Waals surface area contributed by atoms with Gasteiger partial charge in [0.25, 0.3) is 0 Å². The Morgan fingerprint density at radius 2 is 2.26 bits per heavy atom. The van der Waals surface area contributed by atoms with Gasteiger partial charge in [0.2, 0.25) is 5.91 Å². The Morgan fingerprint density at radius 3 is 2.84 bits per heavy atom. The van der Waals surface area contributed by atoms with Crippen LogP contribution in [0.5, 0.6) is 0 Å². The fraction of sp³-hybridized carbons (Fsp3) is 0.688. The highest BCUT2D eigenvalue weighted by Crippen LogP contribution is 2.29. The summed E-state index contributed by atoms with van der Waals surface area (Å²) in [5.74, 6) is 0.592. The summed E-state index contributed by atoms with van der Waals surface area (Å²) >= 11 is 0. The van der Waals surface area contributed by atoms with E-state index in [1.165, 1.54) is 24.0 Å². The van der Waals surface area contributed by atoms with Gasteiger partial charge in [-0.3, -0.25) is 9.69 Å². The average molecular weight is 262 g/mol. The normalized spacial score (nSPS) is 28.8. The van der Waals surface area contributed by atoms with Crippen molar-refractivity contribution in [1.29, 1.82) is 0 Å². The summed E-state index contributed by atoms with van der Waals surface area (Å²) in [6.45, 7) is 9.15. The van der Waals surface area contributed by atoms with Gasteiger partial charge in [0.1, 0.15) is 0 Å². The molecule has 0 aromatic rings. The molecule has 106 valence electrons. The van der Waals surface area contributed by atoms with Crippen LogP contribution in [0, 0.1) is 11.8 Å². The van der Waals surface area contributed by atoms with Crippen molar-refractivity contribution in [2.24, 2.45) is 17.6 Å². The summed E-state index contributed by atoms with van der Waals surface area (Å²) in [5, 5.41) is 0. The Labute approximate surface area is 116 Å². The topological polar surface area (TPSA) is 46.3 Å². The van der Waals surface area contributed by atoms with E-state index in [1.807, 2.05) is 0 Å². The van der Waals surface area contributed by atoms with Crippen molar-refractivity contribution < 1.29 is 4.79 Å². The summed E-state index contributed by atoms with van der Waals surface area (Å²) < 4.78 is 0. The lowest BCUT2D eigenvalue weighted by atomic mass is 9.85. The number of allylic oxidation sites excluding steroid dienone is 2. The molecule has 1 aliphatic carbocycles. The molecule has 3 nitrogen and oxygen atoms in total. The Kier molecular flexibility index (Phi) is 4.81. The number of amides is 1. The maximum absolute atomic E-state index is 11.3. The highest BCUT2D eigenvalue weighted by Gasteiger charge is 2.25. The van der Waals surface area contributed by atoms with E-state index in [1.54, 1.807) is 0 Å². The fourth-order valence-corrected chi connectivity index (χ4v) is 3.20. The number of likely N-dealkylation sites (tertiary alicyclic amines) is 1. The summed E-state index contributed by atoms with van der Waals surface area (Å²) in [6.07, 6.45) is 7.98. The molecule has 1 heterocycles. The third kappa shape index (κ3) is 3.93. The molecule has 2 rings (SSSR count). The molecule has 2 N–H and O–H groups in total. The van der Waals surface area contributed by atoms with Gasteiger partial charge in [-0.15, -0.1) is 0 Å². The van der Waals surface area contributed by atoms with Crippen LogP contribution in [0.15, 0.2) is 23.8 Å². The average Bonchev–Trinajstić information content (AvgIpc) is 2.39. The molecule has 0 aromatic heterocycles. The molecule has 0 radical (unpaired) electrons. The monoisotopic (exact) mass is 262 g/mol. The van der Waals surface area contributed by atoms with Crippen molar-refractivity contribution in [1.82, 2.24) is 4.90 Å². The Morgan fingerprint density at radius 1 is 1.47 bits per heavy atom. The van der Waals surface area contributed by atoms with Crippen molar-refractivity contribution in [3.05, 3.63) is 23.8 Å². The van der Waals surface area contributed by atoms with Crippen LogP contribution in [0.25, 0.3) is 0 Å². The highest BCUT2D eigenvalue weighted by atomic mass is 16.1. The van der Waals surface area contributed by atoms with Crippen LogP contribution in [-0.2, 0) is 4.79 Å². The van der Waals surface area contributed by atoms with Crippen LogP contribution in [0.1, 0.15) is 39.0 Å². The first-order valence-corrected chi connectivity index (χ1v) is 7.41. The number of nitrogens with two attached hydrogens (primary N) is 1. The van der Waals surface area contributed by atoms with Crippen molar-refractivity contribution >= 4 is 5.91 Å². The van der Waals surface area contributed by atoms with Gasteiger partial charge in [-0.2, -0.15) is 0 Å². The quantitative estimate of drug-likeness (QED) is 0.791. The number of hydrogen-bond acceptors (Lipinski definition) is 2. The van der Waals surface area contributed by atoms with Crippen LogP contribution in [-0.4, -0.2) is 30.4 Å². The van der Waals surface area contributed by atoms with E-state index in [4.69, 9.17) is 5.73 Å². The zero-order chi connectivity index (χ0) is 13.8. The zero-order valence-electron chi connectivity index (χ0n) is 12.0. The lowest BCUT2D eigenvalue weighted by Gasteiger charge is -2.33. The van der Waals surface area contributed by atoms with Gasteiger partial charge in [0.05, 0.1) is 5.92 Å². The van der Waals surface area contributed by atoms with E-state index in [2.05, 4.69) is 24.5 Å². The maximum Gasteiger partial charge on any atom is 0.221 e. The van der Waals surface area contributed by atoms with Crippen molar-refractivity contribution in [2.75, 3.05) is 19.6 Å². The first kappa shape index (κ1) is 14.3. The van der Waals surface area contributed by atoms with Gasteiger partial charge >= 0.3 is 0 Å². The lowest BCUT2D eigenvalue weighted by Crippen LogP contribution is -2.42. The maximum atomic E-state index is 11.3. The van der Waals surface area contributed by atoms with Crippen LogP contribution in [0.4, 0.5) is 0 Å². The number of carbonyl (C=O) groups excluding carboxylic acids is 1. The van der Waals surface area contributed by atoms with E-state index >= 15 is 0 Å². The standard InChI is InChI=1S/C16H26N2O/c1-12(2)14-7-5-13(6-8-14)10-18-9-3-4-15(11-18)16(17)19/h5,14-15H,1,3-4,6-11H2,2H3,(H2,17,19)/t14-,15-/m0/s1. The van der Waals surface area contributed by atoms with Crippen molar-refractivity contribution in [3.63, 3.8) is 0 Å². The lowest BCUT2D eigenvalue weighted by molar-refractivity contribution is -0.123. The first-order valence-electron chi connectivity index (χ1n) is 7.41. The molecule has 0 saturated carbocycles.